The van der Waals surface area contributed by atoms with Crippen LogP contribution in [0.3, 0.4) is 0 Å². The largest absolute Gasteiger partial charge is 0.363 e. The summed E-state index contributed by atoms with van der Waals surface area (Å²) in [5, 5.41) is 4.22. The highest BCUT2D eigenvalue weighted by Gasteiger charge is 2.25. The van der Waals surface area contributed by atoms with Gasteiger partial charge >= 0.3 is 0 Å². The highest BCUT2D eigenvalue weighted by Crippen LogP contribution is 2.27. The number of fused-ring (bicyclic) bond motifs is 1. The maximum atomic E-state index is 5.51. The SMILES string of the molecule is CCCNC(=S)N1CCCC(c2nc3ccc(C)cc3[nH]2)C1. The lowest BCUT2D eigenvalue weighted by molar-refractivity contribution is 0.300. The summed E-state index contributed by atoms with van der Waals surface area (Å²) >= 11 is 5.51. The molecule has 0 spiro atoms. The number of hydrogen-bond acceptors (Lipinski definition) is 2. The number of likely N-dealkylation sites (tertiary alicyclic amines) is 1. The monoisotopic (exact) mass is 316 g/mol. The molecule has 1 aromatic carbocycles. The number of aromatic amines is 1. The molecule has 1 saturated heterocycles. The van der Waals surface area contributed by atoms with E-state index in [1.807, 2.05) is 0 Å². The van der Waals surface area contributed by atoms with E-state index in [0.29, 0.717) is 5.92 Å². The number of nitrogens with zero attached hydrogens (tertiary/aromatic N) is 2. The van der Waals surface area contributed by atoms with E-state index in [2.05, 4.69) is 47.2 Å². The molecule has 2 N–H and O–H groups in total. The van der Waals surface area contributed by atoms with Gasteiger partial charge in [0.15, 0.2) is 5.11 Å². The molecule has 2 heterocycles. The zero-order chi connectivity index (χ0) is 15.5. The van der Waals surface area contributed by atoms with Gasteiger partial charge in [0.1, 0.15) is 5.82 Å². The second-order valence-electron chi connectivity index (χ2n) is 6.16. The Morgan fingerprint density at radius 2 is 2.36 bits per heavy atom. The van der Waals surface area contributed by atoms with Crippen LogP contribution < -0.4 is 5.32 Å². The molecule has 22 heavy (non-hydrogen) atoms. The highest BCUT2D eigenvalue weighted by atomic mass is 32.1. The van der Waals surface area contributed by atoms with Crippen LogP contribution in [0.5, 0.6) is 0 Å². The van der Waals surface area contributed by atoms with Crippen LogP contribution in [0.1, 0.15) is 43.5 Å². The Kier molecular flexibility index (Phi) is 4.62. The number of aromatic nitrogens is 2. The first-order valence-electron chi connectivity index (χ1n) is 8.16. The van der Waals surface area contributed by atoms with Crippen molar-refractivity contribution in [1.29, 1.82) is 0 Å². The van der Waals surface area contributed by atoms with E-state index < -0.39 is 0 Å². The van der Waals surface area contributed by atoms with Crippen LogP contribution in [0.4, 0.5) is 0 Å². The molecule has 1 aromatic heterocycles. The van der Waals surface area contributed by atoms with Crippen molar-refractivity contribution in [3.05, 3.63) is 29.6 Å². The van der Waals surface area contributed by atoms with Gasteiger partial charge in [-0.05, 0) is 56.1 Å². The number of imidazole rings is 1. The number of piperidine rings is 1. The summed E-state index contributed by atoms with van der Waals surface area (Å²) in [6.45, 7) is 7.22. The van der Waals surface area contributed by atoms with Gasteiger partial charge in [-0.15, -0.1) is 0 Å². The van der Waals surface area contributed by atoms with Crippen LogP contribution in [0, 0.1) is 6.92 Å². The third-order valence-corrected chi connectivity index (χ3v) is 4.68. The van der Waals surface area contributed by atoms with Gasteiger partial charge in [0.05, 0.1) is 11.0 Å². The van der Waals surface area contributed by atoms with Crippen LogP contribution in [0.25, 0.3) is 11.0 Å². The second kappa shape index (κ2) is 6.65. The van der Waals surface area contributed by atoms with Gasteiger partial charge in [0.2, 0.25) is 0 Å². The van der Waals surface area contributed by atoms with Gasteiger partial charge in [-0.2, -0.15) is 0 Å². The van der Waals surface area contributed by atoms with Crippen LogP contribution in [-0.2, 0) is 0 Å². The van der Waals surface area contributed by atoms with Gasteiger partial charge in [0, 0.05) is 25.6 Å². The standard InChI is InChI=1S/C17H24N4S/c1-3-8-18-17(22)21-9-4-5-13(11-21)16-19-14-7-6-12(2)10-15(14)20-16/h6-7,10,13H,3-5,8-9,11H2,1-2H3,(H,18,22)(H,19,20). The number of nitrogens with one attached hydrogen (secondary N) is 2. The number of aryl methyl sites for hydroxylation is 1. The number of thiocarbonyl (C=S) groups is 1. The molecule has 0 saturated carbocycles. The minimum Gasteiger partial charge on any atom is -0.363 e. The maximum absolute atomic E-state index is 5.51. The topological polar surface area (TPSA) is 44.0 Å². The number of rotatable bonds is 3. The van der Waals surface area contributed by atoms with Crippen LogP contribution in [0.2, 0.25) is 0 Å². The second-order valence-corrected chi connectivity index (χ2v) is 6.55. The number of benzene rings is 1. The zero-order valence-corrected chi connectivity index (χ0v) is 14.2. The van der Waals surface area contributed by atoms with E-state index in [-0.39, 0.29) is 0 Å². The molecule has 118 valence electrons. The molecular formula is C17H24N4S. The lowest BCUT2D eigenvalue weighted by Crippen LogP contribution is -2.45. The fraction of sp³-hybridized carbons (Fsp3) is 0.529. The molecule has 5 heteroatoms. The van der Waals surface area contributed by atoms with Crippen LogP contribution >= 0.6 is 12.2 Å². The van der Waals surface area contributed by atoms with Gasteiger partial charge in [0.25, 0.3) is 0 Å². The summed E-state index contributed by atoms with van der Waals surface area (Å²) in [6, 6.07) is 6.38. The van der Waals surface area contributed by atoms with Crippen molar-refractivity contribution in [2.75, 3.05) is 19.6 Å². The van der Waals surface area contributed by atoms with E-state index in [4.69, 9.17) is 17.2 Å². The molecule has 0 radical (unpaired) electrons. The normalized spacial score (nSPS) is 18.6. The summed E-state index contributed by atoms with van der Waals surface area (Å²) in [5.41, 5.74) is 3.46. The van der Waals surface area contributed by atoms with Gasteiger partial charge in [-0.25, -0.2) is 4.98 Å². The van der Waals surface area contributed by atoms with Crippen molar-refractivity contribution in [2.24, 2.45) is 0 Å². The summed E-state index contributed by atoms with van der Waals surface area (Å²) in [7, 11) is 0. The molecular weight excluding hydrogens is 292 g/mol. The van der Waals surface area contributed by atoms with E-state index >= 15 is 0 Å². The lowest BCUT2D eigenvalue weighted by Gasteiger charge is -2.33. The summed E-state index contributed by atoms with van der Waals surface area (Å²) < 4.78 is 0. The van der Waals surface area contributed by atoms with Crippen molar-refractivity contribution < 1.29 is 0 Å². The van der Waals surface area contributed by atoms with Crippen molar-refractivity contribution in [1.82, 2.24) is 20.2 Å². The Hall–Kier alpha value is -1.62. The Labute approximate surface area is 137 Å². The summed E-state index contributed by atoms with van der Waals surface area (Å²) in [5.74, 6) is 1.53. The third-order valence-electron chi connectivity index (χ3n) is 4.28. The molecule has 1 atom stereocenters. The zero-order valence-electron chi connectivity index (χ0n) is 13.4. The molecule has 3 rings (SSSR count). The number of hydrogen-bond donors (Lipinski definition) is 2. The fourth-order valence-corrected chi connectivity index (χ4v) is 3.33. The average molecular weight is 316 g/mol. The van der Waals surface area contributed by atoms with E-state index in [0.717, 1.165) is 54.4 Å². The minimum atomic E-state index is 0.433. The predicted molar refractivity (Wildman–Crippen MR) is 95.3 cm³/mol. The summed E-state index contributed by atoms with van der Waals surface area (Å²) in [6.07, 6.45) is 3.43. The molecule has 1 fully saturated rings. The average Bonchev–Trinajstić information content (AvgIpc) is 2.95. The molecule has 1 aliphatic rings. The van der Waals surface area contributed by atoms with Gasteiger partial charge in [-0.1, -0.05) is 13.0 Å². The first-order chi connectivity index (χ1) is 10.7. The minimum absolute atomic E-state index is 0.433. The first kappa shape index (κ1) is 15.3. The molecule has 0 bridgehead atoms. The fourth-order valence-electron chi connectivity index (χ4n) is 3.07. The van der Waals surface area contributed by atoms with Crippen molar-refractivity contribution in [2.45, 2.75) is 39.0 Å². The van der Waals surface area contributed by atoms with E-state index in [1.165, 1.54) is 12.0 Å². The molecule has 1 aliphatic heterocycles. The van der Waals surface area contributed by atoms with E-state index in [9.17, 15) is 0 Å². The Morgan fingerprint density at radius 3 is 3.18 bits per heavy atom. The molecule has 4 nitrogen and oxygen atoms in total. The maximum Gasteiger partial charge on any atom is 0.168 e. The summed E-state index contributed by atoms with van der Waals surface area (Å²) in [4.78, 5) is 10.6. The Bertz CT molecular complexity index is 664. The first-order valence-corrected chi connectivity index (χ1v) is 8.57. The Balaban J connectivity index is 1.74. The van der Waals surface area contributed by atoms with Crippen molar-refractivity contribution in [3.8, 4) is 0 Å². The molecule has 0 amide bonds. The molecule has 2 aromatic rings. The van der Waals surface area contributed by atoms with Crippen molar-refractivity contribution >= 4 is 28.4 Å². The molecule has 1 unspecified atom stereocenters. The molecule has 0 aliphatic carbocycles. The smallest absolute Gasteiger partial charge is 0.168 e. The predicted octanol–water partition coefficient (Wildman–Crippen LogP) is 3.34. The van der Waals surface area contributed by atoms with Gasteiger partial charge < -0.3 is 15.2 Å². The third kappa shape index (κ3) is 3.24. The lowest BCUT2D eigenvalue weighted by atomic mass is 9.98. The van der Waals surface area contributed by atoms with Crippen molar-refractivity contribution in [3.63, 3.8) is 0 Å². The van der Waals surface area contributed by atoms with Crippen LogP contribution in [-0.4, -0.2) is 39.6 Å². The Morgan fingerprint density at radius 1 is 1.50 bits per heavy atom. The van der Waals surface area contributed by atoms with Gasteiger partial charge in [-0.3, -0.25) is 0 Å². The number of H-pyrrole nitrogens is 1. The van der Waals surface area contributed by atoms with E-state index in [1.54, 1.807) is 0 Å². The quantitative estimate of drug-likeness (QED) is 0.853. The highest BCUT2D eigenvalue weighted by molar-refractivity contribution is 7.80. The van der Waals surface area contributed by atoms with Crippen LogP contribution in [0.15, 0.2) is 18.2 Å².